The molecule has 3 rings (SSSR count). The van der Waals surface area contributed by atoms with E-state index in [0.29, 0.717) is 12.6 Å². The minimum Gasteiger partial charge on any atom is -0.335 e. The van der Waals surface area contributed by atoms with E-state index in [9.17, 15) is 4.79 Å². The van der Waals surface area contributed by atoms with E-state index in [1.165, 1.54) is 19.3 Å². The number of hydrogen-bond donors (Lipinski definition) is 1. The Morgan fingerprint density at radius 3 is 2.95 bits per heavy atom. The van der Waals surface area contributed by atoms with E-state index < -0.39 is 0 Å². The summed E-state index contributed by atoms with van der Waals surface area (Å²) in [5.74, 6) is 6.74. The molecular weight excluding hydrogens is 248 g/mol. The van der Waals surface area contributed by atoms with Gasteiger partial charge in [-0.15, -0.1) is 0 Å². The fourth-order valence-electron chi connectivity index (χ4n) is 3.41. The molecule has 2 fully saturated rings. The van der Waals surface area contributed by atoms with E-state index >= 15 is 0 Å². The lowest BCUT2D eigenvalue weighted by molar-refractivity contribution is 0.0703. The van der Waals surface area contributed by atoms with Gasteiger partial charge in [0.2, 0.25) is 0 Å². The number of aryl methyl sites for hydroxylation is 1. The molecule has 3 heteroatoms. The van der Waals surface area contributed by atoms with E-state index in [2.05, 4.69) is 16.7 Å². The minimum absolute atomic E-state index is 0.172. The Kier molecular flexibility index (Phi) is 3.50. The number of carbonyl (C=O) groups excluding carboxylic acids is 1. The summed E-state index contributed by atoms with van der Waals surface area (Å²) in [7, 11) is 0. The maximum absolute atomic E-state index is 12.7. The van der Waals surface area contributed by atoms with Crippen LogP contribution in [-0.2, 0) is 0 Å². The summed E-state index contributed by atoms with van der Waals surface area (Å²) in [6.07, 6.45) is 3.65. The fourth-order valence-corrected chi connectivity index (χ4v) is 3.41. The van der Waals surface area contributed by atoms with Crippen molar-refractivity contribution in [2.24, 2.45) is 11.7 Å². The monoisotopic (exact) mass is 268 g/mol. The molecule has 1 amide bonds. The van der Waals surface area contributed by atoms with Crippen LogP contribution in [0.15, 0.2) is 18.2 Å². The van der Waals surface area contributed by atoms with Crippen LogP contribution >= 0.6 is 0 Å². The van der Waals surface area contributed by atoms with Crippen LogP contribution in [0.2, 0.25) is 0 Å². The second kappa shape index (κ2) is 5.30. The van der Waals surface area contributed by atoms with Gasteiger partial charge < -0.3 is 10.6 Å². The van der Waals surface area contributed by atoms with Crippen molar-refractivity contribution in [3.8, 4) is 11.8 Å². The number of benzene rings is 1. The highest BCUT2D eigenvalue weighted by atomic mass is 16.2. The number of fused-ring (bicyclic) bond motifs is 2. The first-order chi connectivity index (χ1) is 9.69. The molecule has 1 heterocycles. The van der Waals surface area contributed by atoms with Gasteiger partial charge in [-0.25, -0.2) is 0 Å². The van der Waals surface area contributed by atoms with Gasteiger partial charge in [-0.05, 0) is 49.8 Å². The zero-order valence-corrected chi connectivity index (χ0v) is 11.9. The number of nitrogens with two attached hydrogens (primary N) is 1. The molecular formula is C17H20N2O. The average Bonchev–Trinajstić information content (AvgIpc) is 3.08. The minimum atomic E-state index is 0.172. The van der Waals surface area contributed by atoms with Crippen molar-refractivity contribution >= 4 is 5.91 Å². The molecule has 3 nitrogen and oxygen atoms in total. The van der Waals surface area contributed by atoms with Crippen LogP contribution in [0.25, 0.3) is 0 Å². The molecule has 1 saturated carbocycles. The second-order valence-corrected chi connectivity index (χ2v) is 5.83. The van der Waals surface area contributed by atoms with Crippen molar-refractivity contribution in [2.45, 2.75) is 32.2 Å². The molecule has 1 aliphatic carbocycles. The van der Waals surface area contributed by atoms with Crippen molar-refractivity contribution in [3.63, 3.8) is 0 Å². The van der Waals surface area contributed by atoms with Crippen molar-refractivity contribution in [1.29, 1.82) is 0 Å². The van der Waals surface area contributed by atoms with Crippen molar-refractivity contribution in [2.75, 3.05) is 13.1 Å². The van der Waals surface area contributed by atoms with Crippen molar-refractivity contribution in [1.82, 2.24) is 4.90 Å². The molecule has 2 N–H and O–H groups in total. The highest BCUT2D eigenvalue weighted by Gasteiger charge is 2.40. The van der Waals surface area contributed by atoms with Gasteiger partial charge >= 0.3 is 0 Å². The number of carbonyl (C=O) groups is 1. The molecule has 0 aromatic heterocycles. The number of amides is 1. The Morgan fingerprint density at radius 2 is 2.30 bits per heavy atom. The van der Waals surface area contributed by atoms with Gasteiger partial charge in [-0.1, -0.05) is 17.9 Å². The van der Waals surface area contributed by atoms with E-state index in [0.717, 1.165) is 29.2 Å². The number of likely N-dealkylation sites (tertiary alicyclic amines) is 1. The molecule has 1 saturated heterocycles. The molecule has 2 bridgehead atoms. The molecule has 1 aromatic rings. The third kappa shape index (κ3) is 2.32. The van der Waals surface area contributed by atoms with Gasteiger partial charge in [0, 0.05) is 23.7 Å². The van der Waals surface area contributed by atoms with E-state index in [1.54, 1.807) is 0 Å². The molecule has 0 spiro atoms. The van der Waals surface area contributed by atoms with Gasteiger partial charge in [0.05, 0.1) is 6.54 Å². The average molecular weight is 268 g/mol. The smallest absolute Gasteiger partial charge is 0.254 e. The van der Waals surface area contributed by atoms with Gasteiger partial charge in [-0.3, -0.25) is 4.79 Å². The van der Waals surface area contributed by atoms with Crippen LogP contribution in [-0.4, -0.2) is 29.9 Å². The third-order valence-corrected chi connectivity index (χ3v) is 4.47. The molecule has 2 atom stereocenters. The van der Waals surface area contributed by atoms with Crippen LogP contribution in [0.1, 0.15) is 40.7 Å². The van der Waals surface area contributed by atoms with E-state index in [1.807, 2.05) is 25.1 Å². The molecule has 1 aromatic carbocycles. The molecule has 1 aliphatic heterocycles. The SMILES string of the molecule is Cc1ccc(C#CCN)cc1C(=O)N1CC2CCC1C2. The topological polar surface area (TPSA) is 46.3 Å². The highest BCUT2D eigenvalue weighted by molar-refractivity contribution is 5.96. The van der Waals surface area contributed by atoms with Crippen molar-refractivity contribution in [3.05, 3.63) is 34.9 Å². The summed E-state index contributed by atoms with van der Waals surface area (Å²) in [5, 5.41) is 0. The zero-order chi connectivity index (χ0) is 14.1. The quantitative estimate of drug-likeness (QED) is 0.791. The van der Waals surface area contributed by atoms with Gasteiger partial charge in [0.15, 0.2) is 0 Å². The van der Waals surface area contributed by atoms with Crippen LogP contribution in [0.4, 0.5) is 0 Å². The summed E-state index contributed by atoms with van der Waals surface area (Å²) >= 11 is 0. The Balaban J connectivity index is 1.87. The maximum atomic E-state index is 12.7. The second-order valence-electron chi connectivity index (χ2n) is 5.83. The first-order valence-corrected chi connectivity index (χ1v) is 7.29. The van der Waals surface area contributed by atoms with Gasteiger partial charge in [-0.2, -0.15) is 0 Å². The maximum Gasteiger partial charge on any atom is 0.254 e. The van der Waals surface area contributed by atoms with Gasteiger partial charge in [0.25, 0.3) is 5.91 Å². The van der Waals surface area contributed by atoms with Crippen LogP contribution in [0, 0.1) is 24.7 Å². The molecule has 104 valence electrons. The summed E-state index contributed by atoms with van der Waals surface area (Å²) in [5.41, 5.74) is 8.08. The molecule has 2 unspecified atom stereocenters. The van der Waals surface area contributed by atoms with E-state index in [4.69, 9.17) is 5.73 Å². The van der Waals surface area contributed by atoms with Crippen LogP contribution in [0.5, 0.6) is 0 Å². The highest BCUT2D eigenvalue weighted by Crippen LogP contribution is 2.38. The first kappa shape index (κ1) is 13.2. The number of piperidine rings is 1. The Hall–Kier alpha value is -1.79. The summed E-state index contributed by atoms with van der Waals surface area (Å²) in [6, 6.07) is 6.30. The molecule has 0 radical (unpaired) electrons. The lowest BCUT2D eigenvalue weighted by Gasteiger charge is -2.27. The standard InChI is InChI=1S/C17H20N2O/c1-12-4-5-13(3-2-8-18)10-16(12)17(20)19-11-14-6-7-15(19)9-14/h4-5,10,14-15H,6-9,11,18H2,1H3. The van der Waals surface area contributed by atoms with E-state index in [-0.39, 0.29) is 5.91 Å². The lowest BCUT2D eigenvalue weighted by atomic mass is 10.0. The fraction of sp³-hybridized carbons (Fsp3) is 0.471. The molecule has 2 aliphatic rings. The molecule has 20 heavy (non-hydrogen) atoms. The predicted octanol–water partition coefficient (Wildman–Crippen LogP) is 1.93. The lowest BCUT2D eigenvalue weighted by Crippen LogP contribution is -2.38. The summed E-state index contributed by atoms with van der Waals surface area (Å²) < 4.78 is 0. The third-order valence-electron chi connectivity index (χ3n) is 4.47. The number of rotatable bonds is 1. The van der Waals surface area contributed by atoms with Crippen molar-refractivity contribution < 1.29 is 4.79 Å². The summed E-state index contributed by atoms with van der Waals surface area (Å²) in [6.45, 7) is 3.26. The number of hydrogen-bond acceptors (Lipinski definition) is 2. The summed E-state index contributed by atoms with van der Waals surface area (Å²) in [4.78, 5) is 14.8. The van der Waals surface area contributed by atoms with Crippen LogP contribution in [0.3, 0.4) is 0 Å². The largest absolute Gasteiger partial charge is 0.335 e. The zero-order valence-electron chi connectivity index (χ0n) is 11.9. The number of nitrogens with zero attached hydrogens (tertiary/aromatic N) is 1. The Morgan fingerprint density at radius 1 is 1.45 bits per heavy atom. The van der Waals surface area contributed by atoms with Gasteiger partial charge in [0.1, 0.15) is 0 Å². The first-order valence-electron chi connectivity index (χ1n) is 7.29. The normalized spacial score (nSPS) is 23.6. The Labute approximate surface area is 120 Å². The predicted molar refractivity (Wildman–Crippen MR) is 79.3 cm³/mol. The Bertz CT molecular complexity index is 597. The van der Waals surface area contributed by atoms with Crippen LogP contribution < -0.4 is 5.73 Å².